The molecule has 1 aliphatic rings. The standard InChI is InChI=1S/C14H16ClFN2O2S/c1-17(2)14(20)12-7-21-8-18(12)13(19)6-9-10(15)4-3-5-11(9)16/h3-5,12H,6-8H2,1-2H3/t12-/m0/s1. The molecule has 1 aromatic carbocycles. The van der Waals surface area contributed by atoms with Crippen molar-refractivity contribution in [1.82, 2.24) is 9.80 Å². The Balaban J connectivity index is 2.14. The van der Waals surface area contributed by atoms with Gasteiger partial charge in [-0.2, -0.15) is 0 Å². The highest BCUT2D eigenvalue weighted by atomic mass is 35.5. The molecule has 1 aliphatic heterocycles. The molecule has 21 heavy (non-hydrogen) atoms. The second kappa shape index (κ2) is 6.66. The third kappa shape index (κ3) is 3.49. The minimum Gasteiger partial charge on any atom is -0.347 e. The first-order valence-corrected chi connectivity index (χ1v) is 7.96. The van der Waals surface area contributed by atoms with E-state index in [1.165, 1.54) is 33.7 Å². The van der Waals surface area contributed by atoms with Crippen LogP contribution in [0.2, 0.25) is 5.02 Å². The number of carbonyl (C=O) groups excluding carboxylic acids is 2. The molecule has 0 radical (unpaired) electrons. The number of halogens is 2. The third-order valence-corrected chi connectivity index (χ3v) is 4.68. The number of thioether (sulfide) groups is 1. The zero-order chi connectivity index (χ0) is 15.6. The summed E-state index contributed by atoms with van der Waals surface area (Å²) < 4.78 is 13.7. The quantitative estimate of drug-likeness (QED) is 0.851. The van der Waals surface area contributed by atoms with Crippen molar-refractivity contribution < 1.29 is 14.0 Å². The Labute approximate surface area is 132 Å². The van der Waals surface area contributed by atoms with Gasteiger partial charge in [0, 0.05) is 30.4 Å². The van der Waals surface area contributed by atoms with E-state index >= 15 is 0 Å². The van der Waals surface area contributed by atoms with E-state index in [2.05, 4.69) is 0 Å². The minimum absolute atomic E-state index is 0.118. The number of hydrogen-bond acceptors (Lipinski definition) is 3. The Morgan fingerprint density at radius 2 is 2.19 bits per heavy atom. The Morgan fingerprint density at radius 1 is 1.48 bits per heavy atom. The Kier molecular flexibility index (Phi) is 5.11. The first-order chi connectivity index (χ1) is 9.91. The van der Waals surface area contributed by atoms with E-state index in [1.54, 1.807) is 20.2 Å². The lowest BCUT2D eigenvalue weighted by Crippen LogP contribution is -2.47. The van der Waals surface area contributed by atoms with Gasteiger partial charge < -0.3 is 9.80 Å². The van der Waals surface area contributed by atoms with Crippen LogP contribution in [0.3, 0.4) is 0 Å². The Morgan fingerprint density at radius 3 is 2.81 bits per heavy atom. The number of hydrogen-bond donors (Lipinski definition) is 0. The summed E-state index contributed by atoms with van der Waals surface area (Å²) in [4.78, 5) is 27.4. The van der Waals surface area contributed by atoms with Crippen LogP contribution in [0.1, 0.15) is 5.56 Å². The average molecular weight is 331 g/mol. The van der Waals surface area contributed by atoms with Crippen molar-refractivity contribution in [3.63, 3.8) is 0 Å². The van der Waals surface area contributed by atoms with E-state index in [-0.39, 0.29) is 28.8 Å². The van der Waals surface area contributed by atoms with Crippen molar-refractivity contribution in [1.29, 1.82) is 0 Å². The highest BCUT2D eigenvalue weighted by Gasteiger charge is 2.35. The van der Waals surface area contributed by atoms with Gasteiger partial charge in [-0.05, 0) is 12.1 Å². The molecule has 0 saturated carbocycles. The molecular weight excluding hydrogens is 315 g/mol. The SMILES string of the molecule is CN(C)C(=O)[C@@H]1CSCN1C(=O)Cc1c(F)cccc1Cl. The van der Waals surface area contributed by atoms with Crippen LogP contribution >= 0.6 is 23.4 Å². The van der Waals surface area contributed by atoms with Crippen LogP contribution in [-0.4, -0.2) is 53.4 Å². The van der Waals surface area contributed by atoms with Gasteiger partial charge >= 0.3 is 0 Å². The molecule has 7 heteroatoms. The molecule has 1 fully saturated rings. The summed E-state index contributed by atoms with van der Waals surface area (Å²) in [7, 11) is 3.31. The van der Waals surface area contributed by atoms with Gasteiger partial charge in [0.2, 0.25) is 11.8 Å². The predicted molar refractivity (Wildman–Crippen MR) is 81.8 cm³/mol. The average Bonchev–Trinajstić information content (AvgIpc) is 2.91. The molecule has 0 spiro atoms. The highest BCUT2D eigenvalue weighted by Crippen LogP contribution is 2.25. The van der Waals surface area contributed by atoms with E-state index in [9.17, 15) is 14.0 Å². The zero-order valence-electron chi connectivity index (χ0n) is 11.8. The van der Waals surface area contributed by atoms with Gasteiger partial charge in [-0.15, -0.1) is 11.8 Å². The molecule has 114 valence electrons. The summed E-state index contributed by atoms with van der Waals surface area (Å²) >= 11 is 7.45. The molecule has 0 aliphatic carbocycles. The van der Waals surface area contributed by atoms with Gasteiger partial charge in [-0.25, -0.2) is 4.39 Å². The predicted octanol–water partition coefficient (Wildman–Crippen LogP) is 2.01. The van der Waals surface area contributed by atoms with Crippen LogP contribution < -0.4 is 0 Å². The van der Waals surface area contributed by atoms with Crippen molar-refractivity contribution in [2.24, 2.45) is 0 Å². The van der Waals surface area contributed by atoms with Crippen LogP contribution in [-0.2, 0) is 16.0 Å². The van der Waals surface area contributed by atoms with Crippen LogP contribution in [0, 0.1) is 5.82 Å². The first-order valence-electron chi connectivity index (χ1n) is 6.43. The normalized spacial score (nSPS) is 17.9. The lowest BCUT2D eigenvalue weighted by Gasteiger charge is -2.25. The maximum absolute atomic E-state index is 13.7. The molecule has 0 unspecified atom stereocenters. The van der Waals surface area contributed by atoms with Gasteiger partial charge in [-0.3, -0.25) is 9.59 Å². The van der Waals surface area contributed by atoms with E-state index < -0.39 is 11.9 Å². The number of carbonyl (C=O) groups is 2. The Bertz CT molecular complexity index is 548. The summed E-state index contributed by atoms with van der Waals surface area (Å²) in [5.41, 5.74) is 0.178. The molecule has 2 amide bonds. The van der Waals surface area contributed by atoms with Gasteiger partial charge in [-0.1, -0.05) is 17.7 Å². The molecule has 0 aromatic heterocycles. The van der Waals surface area contributed by atoms with Gasteiger partial charge in [0.25, 0.3) is 0 Å². The van der Waals surface area contributed by atoms with Crippen molar-refractivity contribution in [2.75, 3.05) is 25.7 Å². The van der Waals surface area contributed by atoms with Crippen molar-refractivity contribution in [3.05, 3.63) is 34.6 Å². The van der Waals surface area contributed by atoms with Crippen LogP contribution in [0.5, 0.6) is 0 Å². The smallest absolute Gasteiger partial charge is 0.245 e. The van der Waals surface area contributed by atoms with E-state index in [4.69, 9.17) is 11.6 Å². The van der Waals surface area contributed by atoms with Crippen LogP contribution in [0.25, 0.3) is 0 Å². The number of amides is 2. The van der Waals surface area contributed by atoms with E-state index in [0.717, 1.165) is 0 Å². The number of rotatable bonds is 3. The molecule has 0 N–H and O–H groups in total. The number of benzene rings is 1. The zero-order valence-corrected chi connectivity index (χ0v) is 13.4. The van der Waals surface area contributed by atoms with E-state index in [0.29, 0.717) is 11.6 Å². The summed E-state index contributed by atoms with van der Waals surface area (Å²) in [6.07, 6.45) is -0.136. The first kappa shape index (κ1) is 16.1. The molecule has 2 rings (SSSR count). The molecule has 1 aromatic rings. The van der Waals surface area contributed by atoms with Crippen molar-refractivity contribution in [2.45, 2.75) is 12.5 Å². The van der Waals surface area contributed by atoms with E-state index in [1.807, 2.05) is 0 Å². The monoisotopic (exact) mass is 330 g/mol. The number of likely N-dealkylation sites (N-methyl/N-ethyl adjacent to an activating group) is 1. The fourth-order valence-electron chi connectivity index (χ4n) is 2.15. The molecule has 4 nitrogen and oxygen atoms in total. The summed E-state index contributed by atoms with van der Waals surface area (Å²) in [5, 5.41) is 0.227. The molecule has 1 atom stereocenters. The molecular formula is C14H16ClFN2O2S. The maximum atomic E-state index is 13.7. The lowest BCUT2D eigenvalue weighted by atomic mass is 10.1. The molecule has 1 heterocycles. The highest BCUT2D eigenvalue weighted by molar-refractivity contribution is 7.99. The van der Waals surface area contributed by atoms with Crippen LogP contribution in [0.4, 0.5) is 4.39 Å². The lowest BCUT2D eigenvalue weighted by molar-refractivity contribution is -0.141. The fraction of sp³-hybridized carbons (Fsp3) is 0.429. The van der Waals surface area contributed by atoms with Crippen molar-refractivity contribution in [3.8, 4) is 0 Å². The largest absolute Gasteiger partial charge is 0.347 e. The Hall–Kier alpha value is -1.27. The maximum Gasteiger partial charge on any atom is 0.245 e. The van der Waals surface area contributed by atoms with Crippen LogP contribution in [0.15, 0.2) is 18.2 Å². The fourth-order valence-corrected chi connectivity index (χ4v) is 3.55. The second-order valence-corrected chi connectivity index (χ2v) is 6.40. The summed E-state index contributed by atoms with van der Waals surface area (Å²) in [5.74, 6) is 0.0986. The van der Waals surface area contributed by atoms with Crippen molar-refractivity contribution >= 4 is 35.2 Å². The third-order valence-electron chi connectivity index (χ3n) is 3.32. The molecule has 1 saturated heterocycles. The van der Waals surface area contributed by atoms with Gasteiger partial charge in [0.1, 0.15) is 11.9 Å². The summed E-state index contributed by atoms with van der Waals surface area (Å²) in [6.45, 7) is 0. The van der Waals surface area contributed by atoms with Gasteiger partial charge in [0.15, 0.2) is 0 Å². The molecule has 0 bridgehead atoms. The van der Waals surface area contributed by atoms with Gasteiger partial charge in [0.05, 0.1) is 12.3 Å². The number of nitrogens with zero attached hydrogens (tertiary/aromatic N) is 2. The topological polar surface area (TPSA) is 40.6 Å². The minimum atomic E-state index is -0.502. The second-order valence-electron chi connectivity index (χ2n) is 4.99. The summed E-state index contributed by atoms with van der Waals surface area (Å²) in [6, 6.07) is 3.84.